The number of hydrogen-bond acceptors (Lipinski definition) is 4. The van der Waals surface area contributed by atoms with E-state index in [1.54, 1.807) is 25.1 Å². The van der Waals surface area contributed by atoms with E-state index in [4.69, 9.17) is 23.2 Å². The Balaban J connectivity index is 1.93. The number of alkyl halides is 3. The summed E-state index contributed by atoms with van der Waals surface area (Å²) in [4.78, 5) is 15.5. The minimum atomic E-state index is -4.63. The van der Waals surface area contributed by atoms with Crippen LogP contribution in [-0.2, 0) is 11.0 Å². The molecule has 186 valence electrons. The highest BCUT2D eigenvalue weighted by atomic mass is 35.5. The first-order valence-electron chi connectivity index (χ1n) is 11.2. The van der Waals surface area contributed by atoms with Gasteiger partial charge in [-0.15, -0.1) is 0 Å². The zero-order valence-corrected chi connectivity index (χ0v) is 20.8. The number of nitrogens with one attached hydrogen (secondary N) is 2. The van der Waals surface area contributed by atoms with Crippen molar-refractivity contribution in [2.24, 2.45) is 0 Å². The lowest BCUT2D eigenvalue weighted by atomic mass is 9.95. The van der Waals surface area contributed by atoms with E-state index in [-0.39, 0.29) is 22.3 Å². The predicted octanol–water partition coefficient (Wildman–Crippen LogP) is 5.74. The van der Waals surface area contributed by atoms with Gasteiger partial charge in [0.1, 0.15) is 11.9 Å². The molecule has 34 heavy (non-hydrogen) atoms. The second-order valence-corrected chi connectivity index (χ2v) is 8.96. The number of allylic oxidation sites excluding steroid dienone is 1. The van der Waals surface area contributed by atoms with E-state index in [9.17, 15) is 18.0 Å². The van der Waals surface area contributed by atoms with E-state index in [2.05, 4.69) is 34.5 Å². The second-order valence-electron chi connectivity index (χ2n) is 8.14. The number of unbranched alkanes of at least 4 members (excludes halogenated alkanes) is 1. The molecule has 11 heteroatoms. The standard InChI is InChI=1S/C23H28Cl2F3N5O/c1-4-6-10-32(5-2)11-9-29-22(34)20-14(3)30-19-13-18(23(26,27)28)31-33(19)21(20)15-7-8-16(24)17(25)12-15/h7-8,12-13,21,30H,4-6,9-11H2,1-3H3,(H,29,34). The molecule has 0 saturated heterocycles. The molecule has 1 aliphatic heterocycles. The molecule has 0 aliphatic carbocycles. The Morgan fingerprint density at radius 2 is 1.94 bits per heavy atom. The van der Waals surface area contributed by atoms with Gasteiger partial charge in [-0.25, -0.2) is 4.68 Å². The number of aromatic nitrogens is 2. The van der Waals surface area contributed by atoms with Gasteiger partial charge < -0.3 is 15.5 Å². The molecule has 1 atom stereocenters. The number of rotatable bonds is 9. The lowest BCUT2D eigenvalue weighted by Gasteiger charge is -2.30. The van der Waals surface area contributed by atoms with E-state index < -0.39 is 17.9 Å². The summed E-state index contributed by atoms with van der Waals surface area (Å²) in [5.74, 6) is -0.253. The van der Waals surface area contributed by atoms with Gasteiger partial charge in [0.25, 0.3) is 5.91 Å². The third-order valence-electron chi connectivity index (χ3n) is 5.76. The summed E-state index contributed by atoms with van der Waals surface area (Å²) in [6.07, 6.45) is -2.48. The first-order chi connectivity index (χ1) is 16.1. The summed E-state index contributed by atoms with van der Waals surface area (Å²) in [5, 5.41) is 10.1. The van der Waals surface area contributed by atoms with Crippen LogP contribution in [0.5, 0.6) is 0 Å². The van der Waals surface area contributed by atoms with Gasteiger partial charge in [-0.2, -0.15) is 18.3 Å². The summed E-state index contributed by atoms with van der Waals surface area (Å²) in [6.45, 7) is 8.72. The second kappa shape index (κ2) is 11.0. The van der Waals surface area contributed by atoms with Gasteiger partial charge in [0.05, 0.1) is 15.6 Å². The summed E-state index contributed by atoms with van der Waals surface area (Å²) in [5.41, 5.74) is 0.146. The molecule has 0 saturated carbocycles. The maximum atomic E-state index is 13.4. The van der Waals surface area contributed by atoms with Crippen LogP contribution in [0.25, 0.3) is 0 Å². The van der Waals surface area contributed by atoms with Crippen molar-refractivity contribution in [2.75, 3.05) is 31.5 Å². The first-order valence-corrected chi connectivity index (χ1v) is 11.9. The van der Waals surface area contributed by atoms with Gasteiger partial charge in [0, 0.05) is 24.9 Å². The van der Waals surface area contributed by atoms with Crippen LogP contribution >= 0.6 is 23.2 Å². The molecule has 2 aromatic rings. The molecule has 1 aromatic heterocycles. The Kier molecular flexibility index (Phi) is 8.54. The zero-order chi connectivity index (χ0) is 25.0. The van der Waals surface area contributed by atoms with E-state index in [0.717, 1.165) is 32.0 Å². The van der Waals surface area contributed by atoms with Crippen molar-refractivity contribution in [3.8, 4) is 0 Å². The van der Waals surface area contributed by atoms with Crippen LogP contribution in [-0.4, -0.2) is 46.8 Å². The van der Waals surface area contributed by atoms with Crippen molar-refractivity contribution in [3.63, 3.8) is 0 Å². The maximum absolute atomic E-state index is 13.4. The molecule has 1 amide bonds. The fourth-order valence-electron chi connectivity index (χ4n) is 3.93. The van der Waals surface area contributed by atoms with Crippen LogP contribution in [0, 0.1) is 0 Å². The van der Waals surface area contributed by atoms with E-state index in [1.807, 2.05) is 0 Å². The molecule has 0 radical (unpaired) electrons. The maximum Gasteiger partial charge on any atom is 0.435 e. The fraction of sp³-hybridized carbons (Fsp3) is 0.478. The lowest BCUT2D eigenvalue weighted by Crippen LogP contribution is -2.39. The van der Waals surface area contributed by atoms with Crippen LogP contribution in [0.3, 0.4) is 0 Å². The summed E-state index contributed by atoms with van der Waals surface area (Å²) in [7, 11) is 0. The van der Waals surface area contributed by atoms with Crippen LogP contribution in [0.15, 0.2) is 35.5 Å². The zero-order valence-electron chi connectivity index (χ0n) is 19.3. The monoisotopic (exact) mass is 517 g/mol. The molecule has 1 aromatic carbocycles. The number of benzene rings is 1. The Morgan fingerprint density at radius 3 is 2.56 bits per heavy atom. The molecular weight excluding hydrogens is 490 g/mol. The van der Waals surface area contributed by atoms with Crippen molar-refractivity contribution >= 4 is 34.9 Å². The first kappa shape index (κ1) is 26.4. The van der Waals surface area contributed by atoms with Crippen LogP contribution in [0.1, 0.15) is 50.9 Å². The minimum absolute atomic E-state index is 0.133. The number of carbonyl (C=O) groups is 1. The topological polar surface area (TPSA) is 62.2 Å². The van der Waals surface area contributed by atoms with E-state index >= 15 is 0 Å². The molecule has 0 fully saturated rings. The normalized spacial score (nSPS) is 16.0. The summed E-state index contributed by atoms with van der Waals surface area (Å²) >= 11 is 12.2. The third-order valence-corrected chi connectivity index (χ3v) is 6.50. The summed E-state index contributed by atoms with van der Waals surface area (Å²) in [6, 6.07) is 4.74. The van der Waals surface area contributed by atoms with Gasteiger partial charge >= 0.3 is 6.18 Å². The number of anilines is 1. The Bertz CT molecular complexity index is 1070. The summed E-state index contributed by atoms with van der Waals surface area (Å²) < 4.78 is 41.4. The quantitative estimate of drug-likeness (QED) is 0.445. The molecular formula is C23H28Cl2F3N5O. The van der Waals surface area contributed by atoms with Crippen molar-refractivity contribution < 1.29 is 18.0 Å². The highest BCUT2D eigenvalue weighted by Crippen LogP contribution is 2.40. The fourth-order valence-corrected chi connectivity index (χ4v) is 4.23. The van der Waals surface area contributed by atoms with Gasteiger partial charge in [-0.3, -0.25) is 4.79 Å². The Hall–Kier alpha value is -2.23. The lowest BCUT2D eigenvalue weighted by molar-refractivity contribution is -0.141. The number of likely N-dealkylation sites (N-methyl/N-ethyl adjacent to an activating group) is 1. The molecule has 0 spiro atoms. The molecule has 3 rings (SSSR count). The Morgan fingerprint density at radius 1 is 1.21 bits per heavy atom. The molecule has 1 unspecified atom stereocenters. The van der Waals surface area contributed by atoms with Gasteiger partial charge in [0.15, 0.2) is 5.69 Å². The highest BCUT2D eigenvalue weighted by molar-refractivity contribution is 6.42. The van der Waals surface area contributed by atoms with Gasteiger partial charge in [0.2, 0.25) is 0 Å². The van der Waals surface area contributed by atoms with Gasteiger partial charge in [-0.05, 0) is 44.1 Å². The van der Waals surface area contributed by atoms with Crippen molar-refractivity contribution in [3.05, 3.63) is 56.8 Å². The van der Waals surface area contributed by atoms with E-state index in [0.29, 0.717) is 29.4 Å². The highest BCUT2D eigenvalue weighted by Gasteiger charge is 2.39. The average molecular weight is 518 g/mol. The van der Waals surface area contributed by atoms with E-state index in [1.165, 1.54) is 4.68 Å². The van der Waals surface area contributed by atoms with Crippen molar-refractivity contribution in [1.29, 1.82) is 0 Å². The number of fused-ring (bicyclic) bond motifs is 1. The number of amides is 1. The van der Waals surface area contributed by atoms with Crippen LogP contribution in [0.2, 0.25) is 10.0 Å². The van der Waals surface area contributed by atoms with Gasteiger partial charge in [-0.1, -0.05) is 49.5 Å². The van der Waals surface area contributed by atoms with Crippen molar-refractivity contribution in [1.82, 2.24) is 20.0 Å². The minimum Gasteiger partial charge on any atom is -0.351 e. The largest absolute Gasteiger partial charge is 0.435 e. The smallest absolute Gasteiger partial charge is 0.351 e. The number of hydrogen-bond donors (Lipinski definition) is 2. The SMILES string of the molecule is CCCCN(CC)CCNC(=O)C1=C(C)Nc2cc(C(F)(F)F)nn2C1c1ccc(Cl)c(Cl)c1. The number of carbonyl (C=O) groups excluding carboxylic acids is 1. The van der Waals surface area contributed by atoms with Crippen molar-refractivity contribution in [2.45, 2.75) is 45.8 Å². The molecule has 0 bridgehead atoms. The predicted molar refractivity (Wildman–Crippen MR) is 128 cm³/mol. The Labute approximate surface area is 207 Å². The average Bonchev–Trinajstić information content (AvgIpc) is 3.21. The molecule has 2 N–H and O–H groups in total. The number of halogens is 5. The third kappa shape index (κ3) is 5.87. The molecule has 6 nitrogen and oxygen atoms in total. The van der Waals surface area contributed by atoms with Crippen LogP contribution < -0.4 is 10.6 Å². The number of nitrogens with zero attached hydrogens (tertiary/aromatic N) is 3. The molecule has 1 aliphatic rings. The van der Waals surface area contributed by atoms with Crippen LogP contribution in [0.4, 0.5) is 19.0 Å². The molecule has 2 heterocycles.